The first-order chi connectivity index (χ1) is 10.1. The van der Waals surface area contributed by atoms with Gasteiger partial charge in [0, 0.05) is 24.4 Å². The Bertz CT molecular complexity index is 591. The van der Waals surface area contributed by atoms with Crippen LogP contribution in [-0.4, -0.2) is 23.3 Å². The molecule has 7 nitrogen and oxygen atoms in total. The number of amides is 2. The van der Waals surface area contributed by atoms with E-state index < -0.39 is 10.3 Å². The van der Waals surface area contributed by atoms with Gasteiger partial charge in [-0.2, -0.15) is 0 Å². The monoisotopic (exact) mass is 307 g/mol. The third-order valence-corrected chi connectivity index (χ3v) is 3.09. The Kier molecular flexibility index (Phi) is 5.62. The van der Waals surface area contributed by atoms with E-state index in [4.69, 9.17) is 0 Å². The van der Waals surface area contributed by atoms with Crippen molar-refractivity contribution in [3.63, 3.8) is 0 Å². The van der Waals surface area contributed by atoms with Crippen molar-refractivity contribution in [2.24, 2.45) is 5.41 Å². The van der Waals surface area contributed by atoms with E-state index in [0.29, 0.717) is 11.3 Å². The molecule has 0 aliphatic rings. The van der Waals surface area contributed by atoms with Crippen LogP contribution in [-0.2, 0) is 9.59 Å². The van der Waals surface area contributed by atoms with E-state index in [2.05, 4.69) is 10.6 Å². The predicted octanol–water partition coefficient (Wildman–Crippen LogP) is 2.39. The molecule has 0 fully saturated rings. The van der Waals surface area contributed by atoms with Gasteiger partial charge in [-0.15, -0.1) is 0 Å². The second-order valence-corrected chi connectivity index (χ2v) is 6.01. The highest BCUT2D eigenvalue weighted by Gasteiger charge is 2.21. The molecule has 22 heavy (non-hydrogen) atoms. The minimum atomic E-state index is -0.507. The van der Waals surface area contributed by atoms with Gasteiger partial charge in [0.25, 0.3) is 5.69 Å². The van der Waals surface area contributed by atoms with Gasteiger partial charge in [-0.1, -0.05) is 26.8 Å². The quantitative estimate of drug-likeness (QED) is 0.644. The van der Waals surface area contributed by atoms with E-state index in [1.807, 2.05) is 0 Å². The summed E-state index contributed by atoms with van der Waals surface area (Å²) >= 11 is 0. The molecular weight excluding hydrogens is 286 g/mol. The van der Waals surface area contributed by atoms with Gasteiger partial charge in [-0.05, 0) is 13.0 Å². The summed E-state index contributed by atoms with van der Waals surface area (Å²) in [6, 6.07) is 4.50. The highest BCUT2D eigenvalue weighted by Crippen LogP contribution is 2.25. The summed E-state index contributed by atoms with van der Waals surface area (Å²) < 4.78 is 0. The average molecular weight is 307 g/mol. The smallest absolute Gasteiger partial charge is 0.274 e. The molecule has 1 rings (SSSR count). The molecule has 0 saturated heterocycles. The van der Waals surface area contributed by atoms with Crippen molar-refractivity contribution in [3.05, 3.63) is 33.9 Å². The maximum absolute atomic E-state index is 11.8. The molecule has 0 atom stereocenters. The van der Waals surface area contributed by atoms with E-state index in [1.54, 1.807) is 33.8 Å². The number of nitro benzene ring substituents is 1. The molecule has 1 aromatic carbocycles. The number of hydrogen-bond acceptors (Lipinski definition) is 4. The molecule has 2 amide bonds. The van der Waals surface area contributed by atoms with Crippen LogP contribution in [0.4, 0.5) is 11.4 Å². The van der Waals surface area contributed by atoms with Crippen molar-refractivity contribution in [2.75, 3.05) is 11.9 Å². The Labute approximate surface area is 129 Å². The first kappa shape index (κ1) is 17.6. The maximum Gasteiger partial charge on any atom is 0.274 e. The Morgan fingerprint density at radius 1 is 1.27 bits per heavy atom. The van der Waals surface area contributed by atoms with E-state index in [0.717, 1.165) is 0 Å². The molecule has 1 aromatic rings. The van der Waals surface area contributed by atoms with Crippen molar-refractivity contribution >= 4 is 23.2 Å². The number of hydrogen-bond donors (Lipinski definition) is 2. The number of nitro groups is 1. The summed E-state index contributed by atoms with van der Waals surface area (Å²) in [6.07, 6.45) is 0.101. The van der Waals surface area contributed by atoms with Crippen LogP contribution in [0, 0.1) is 22.5 Å². The summed E-state index contributed by atoms with van der Waals surface area (Å²) in [4.78, 5) is 33.9. The number of nitrogens with one attached hydrogen (secondary N) is 2. The maximum atomic E-state index is 11.8. The number of anilines is 1. The van der Waals surface area contributed by atoms with Gasteiger partial charge in [0.05, 0.1) is 16.2 Å². The molecule has 0 aliphatic heterocycles. The molecule has 0 bridgehead atoms. The standard InChI is InChI=1S/C15H21N3O4/c1-10-11(6-5-7-12(10)18(21)22)17-13(19)8-9-16-14(20)15(2,3)4/h5-7H,8-9H2,1-4H3,(H,16,20)(H,17,19). The van der Waals surface area contributed by atoms with Crippen LogP contribution in [0.25, 0.3) is 0 Å². The fourth-order valence-corrected chi connectivity index (χ4v) is 1.72. The molecule has 2 N–H and O–H groups in total. The molecule has 0 spiro atoms. The summed E-state index contributed by atoms with van der Waals surface area (Å²) in [5.41, 5.74) is 0.257. The van der Waals surface area contributed by atoms with Crippen molar-refractivity contribution in [3.8, 4) is 0 Å². The number of carbonyl (C=O) groups is 2. The second-order valence-electron chi connectivity index (χ2n) is 6.01. The summed E-state index contributed by atoms with van der Waals surface area (Å²) in [7, 11) is 0. The highest BCUT2D eigenvalue weighted by atomic mass is 16.6. The zero-order valence-corrected chi connectivity index (χ0v) is 13.2. The van der Waals surface area contributed by atoms with Gasteiger partial charge in [-0.3, -0.25) is 19.7 Å². The first-order valence-corrected chi connectivity index (χ1v) is 6.95. The molecule has 0 saturated carbocycles. The van der Waals surface area contributed by atoms with Gasteiger partial charge in [0.2, 0.25) is 11.8 Å². The summed E-state index contributed by atoms with van der Waals surface area (Å²) in [6.45, 7) is 7.16. The van der Waals surface area contributed by atoms with E-state index in [-0.39, 0.29) is 30.5 Å². The molecule has 0 unspecified atom stereocenters. The normalized spacial score (nSPS) is 10.9. The van der Waals surface area contributed by atoms with Crippen LogP contribution >= 0.6 is 0 Å². The molecule has 0 heterocycles. The zero-order valence-electron chi connectivity index (χ0n) is 13.2. The van der Waals surface area contributed by atoms with Gasteiger partial charge >= 0.3 is 0 Å². The summed E-state index contributed by atoms with van der Waals surface area (Å²) in [5, 5.41) is 16.1. The molecule has 0 radical (unpaired) electrons. The first-order valence-electron chi connectivity index (χ1n) is 6.95. The van der Waals surface area contributed by atoms with Gasteiger partial charge in [-0.25, -0.2) is 0 Å². The van der Waals surface area contributed by atoms with Crippen LogP contribution in [0.3, 0.4) is 0 Å². The van der Waals surface area contributed by atoms with Gasteiger partial charge in [0.15, 0.2) is 0 Å². The van der Waals surface area contributed by atoms with Crippen LogP contribution in [0.5, 0.6) is 0 Å². The molecule has 0 aromatic heterocycles. The Balaban J connectivity index is 2.58. The topological polar surface area (TPSA) is 101 Å². The molecule has 0 aliphatic carbocycles. The van der Waals surface area contributed by atoms with Gasteiger partial charge in [0.1, 0.15) is 0 Å². The average Bonchev–Trinajstić information content (AvgIpc) is 2.39. The third-order valence-electron chi connectivity index (χ3n) is 3.09. The predicted molar refractivity (Wildman–Crippen MR) is 83.5 cm³/mol. The molecular formula is C15H21N3O4. The second kappa shape index (κ2) is 7.02. The lowest BCUT2D eigenvalue weighted by Gasteiger charge is -2.17. The lowest BCUT2D eigenvalue weighted by atomic mass is 9.96. The number of nitrogens with zero attached hydrogens (tertiary/aromatic N) is 1. The van der Waals surface area contributed by atoms with Crippen LogP contribution in [0.15, 0.2) is 18.2 Å². The van der Waals surface area contributed by atoms with Crippen molar-refractivity contribution in [2.45, 2.75) is 34.1 Å². The van der Waals surface area contributed by atoms with Crippen molar-refractivity contribution < 1.29 is 14.5 Å². The highest BCUT2D eigenvalue weighted by molar-refractivity contribution is 5.92. The number of rotatable bonds is 5. The van der Waals surface area contributed by atoms with E-state index in [1.165, 1.54) is 12.1 Å². The molecule has 120 valence electrons. The minimum Gasteiger partial charge on any atom is -0.355 e. The Morgan fingerprint density at radius 2 is 1.91 bits per heavy atom. The largest absolute Gasteiger partial charge is 0.355 e. The lowest BCUT2D eigenvalue weighted by molar-refractivity contribution is -0.385. The van der Waals surface area contributed by atoms with Crippen molar-refractivity contribution in [1.29, 1.82) is 0 Å². The van der Waals surface area contributed by atoms with E-state index >= 15 is 0 Å². The van der Waals surface area contributed by atoms with Gasteiger partial charge < -0.3 is 10.6 Å². The van der Waals surface area contributed by atoms with Crippen LogP contribution in [0.2, 0.25) is 0 Å². The third kappa shape index (κ3) is 4.83. The Hall–Kier alpha value is -2.44. The lowest BCUT2D eigenvalue weighted by Crippen LogP contribution is -2.36. The fourth-order valence-electron chi connectivity index (χ4n) is 1.72. The van der Waals surface area contributed by atoms with Crippen molar-refractivity contribution in [1.82, 2.24) is 5.32 Å². The Morgan fingerprint density at radius 3 is 2.45 bits per heavy atom. The SMILES string of the molecule is Cc1c(NC(=O)CCNC(=O)C(C)(C)C)cccc1[N+](=O)[O-]. The number of benzene rings is 1. The van der Waals surface area contributed by atoms with Crippen LogP contribution in [0.1, 0.15) is 32.8 Å². The molecule has 7 heteroatoms. The zero-order chi connectivity index (χ0) is 16.9. The summed E-state index contributed by atoms with van der Waals surface area (Å²) in [5.74, 6) is -0.440. The minimum absolute atomic E-state index is 0.0427. The van der Waals surface area contributed by atoms with E-state index in [9.17, 15) is 19.7 Å². The fraction of sp³-hybridized carbons (Fsp3) is 0.467. The number of carbonyl (C=O) groups excluding carboxylic acids is 2. The van der Waals surface area contributed by atoms with Crippen LogP contribution < -0.4 is 10.6 Å².